The summed E-state index contributed by atoms with van der Waals surface area (Å²) in [6, 6.07) is 16.8. The lowest BCUT2D eigenvalue weighted by molar-refractivity contribution is -0.122. The zero-order valence-corrected chi connectivity index (χ0v) is 12.9. The minimum atomic E-state index is -0.183. The van der Waals surface area contributed by atoms with Gasteiger partial charge in [-0.3, -0.25) is 4.79 Å². The molecule has 0 aliphatic rings. The van der Waals surface area contributed by atoms with Gasteiger partial charge in [-0.1, -0.05) is 54.1 Å². The topological polar surface area (TPSA) is 72.7 Å². The second-order valence-corrected chi connectivity index (χ2v) is 5.35. The minimum absolute atomic E-state index is 0.0213. The molecule has 0 spiro atoms. The molecule has 1 amide bonds. The average molecular weight is 328 g/mol. The number of halogens is 1. The number of rotatable bonds is 5. The fourth-order valence-electron chi connectivity index (χ4n) is 2.00. The number of aromatic nitrogens is 4. The van der Waals surface area contributed by atoms with Crippen molar-refractivity contribution in [2.75, 3.05) is 0 Å². The van der Waals surface area contributed by atoms with E-state index in [9.17, 15) is 4.79 Å². The van der Waals surface area contributed by atoms with Crippen LogP contribution in [0.3, 0.4) is 0 Å². The van der Waals surface area contributed by atoms with Crippen LogP contribution in [0.2, 0.25) is 5.02 Å². The molecule has 3 aromatic rings. The van der Waals surface area contributed by atoms with Crippen LogP contribution in [0.5, 0.6) is 0 Å². The van der Waals surface area contributed by atoms with E-state index in [1.807, 2.05) is 42.5 Å². The molecule has 0 unspecified atom stereocenters. The van der Waals surface area contributed by atoms with Crippen LogP contribution in [-0.4, -0.2) is 26.1 Å². The molecular formula is C16H14ClN5O. The lowest BCUT2D eigenvalue weighted by Gasteiger charge is -2.04. The number of tetrazole rings is 1. The van der Waals surface area contributed by atoms with E-state index in [1.54, 1.807) is 12.1 Å². The van der Waals surface area contributed by atoms with Crippen LogP contribution in [0.25, 0.3) is 11.4 Å². The highest BCUT2D eigenvalue weighted by Crippen LogP contribution is 2.11. The van der Waals surface area contributed by atoms with Gasteiger partial charge in [-0.15, -0.1) is 10.2 Å². The molecule has 0 bridgehead atoms. The van der Waals surface area contributed by atoms with Gasteiger partial charge >= 0.3 is 0 Å². The minimum Gasteiger partial charge on any atom is -0.350 e. The van der Waals surface area contributed by atoms with Gasteiger partial charge in [0.25, 0.3) is 0 Å². The summed E-state index contributed by atoms with van der Waals surface area (Å²) >= 11 is 5.82. The van der Waals surface area contributed by atoms with Crippen molar-refractivity contribution in [2.24, 2.45) is 0 Å². The summed E-state index contributed by atoms with van der Waals surface area (Å²) in [5, 5.41) is 15.5. The summed E-state index contributed by atoms with van der Waals surface area (Å²) in [5.74, 6) is 0.313. The van der Waals surface area contributed by atoms with E-state index in [1.165, 1.54) is 4.80 Å². The van der Waals surface area contributed by atoms with Crippen LogP contribution in [0.1, 0.15) is 5.56 Å². The van der Waals surface area contributed by atoms with Crippen molar-refractivity contribution >= 4 is 17.5 Å². The molecule has 0 aliphatic heterocycles. The number of carbonyl (C=O) groups is 1. The molecule has 0 atom stereocenters. The molecule has 2 aromatic carbocycles. The SMILES string of the molecule is O=C(Cn1nnc(-c2ccccc2)n1)NCc1ccc(Cl)cc1. The maximum atomic E-state index is 11.9. The molecule has 0 saturated carbocycles. The second-order valence-electron chi connectivity index (χ2n) is 4.91. The van der Waals surface area contributed by atoms with Gasteiger partial charge in [0, 0.05) is 17.1 Å². The van der Waals surface area contributed by atoms with Crippen molar-refractivity contribution in [2.45, 2.75) is 13.1 Å². The van der Waals surface area contributed by atoms with Gasteiger partial charge < -0.3 is 5.32 Å². The van der Waals surface area contributed by atoms with Crippen molar-refractivity contribution in [1.82, 2.24) is 25.5 Å². The van der Waals surface area contributed by atoms with E-state index in [0.29, 0.717) is 17.4 Å². The Labute approximate surface area is 138 Å². The van der Waals surface area contributed by atoms with Gasteiger partial charge in [-0.2, -0.15) is 4.80 Å². The number of nitrogens with zero attached hydrogens (tertiary/aromatic N) is 4. The summed E-state index contributed by atoms with van der Waals surface area (Å²) in [6.45, 7) is 0.448. The van der Waals surface area contributed by atoms with Gasteiger partial charge in [0.1, 0.15) is 6.54 Å². The fourth-order valence-corrected chi connectivity index (χ4v) is 2.13. The second kappa shape index (κ2) is 7.02. The van der Waals surface area contributed by atoms with Crippen molar-refractivity contribution in [3.05, 3.63) is 65.2 Å². The molecule has 0 fully saturated rings. The fraction of sp³-hybridized carbons (Fsp3) is 0.125. The number of amides is 1. The first-order chi connectivity index (χ1) is 11.2. The molecule has 23 heavy (non-hydrogen) atoms. The van der Waals surface area contributed by atoms with Crippen LogP contribution in [-0.2, 0) is 17.9 Å². The highest BCUT2D eigenvalue weighted by molar-refractivity contribution is 6.30. The first kappa shape index (κ1) is 15.2. The van der Waals surface area contributed by atoms with Crippen LogP contribution < -0.4 is 5.32 Å². The predicted octanol–water partition coefficient (Wildman–Crippen LogP) is 2.31. The lowest BCUT2D eigenvalue weighted by atomic mass is 10.2. The molecule has 0 aliphatic carbocycles. The molecule has 0 saturated heterocycles. The molecule has 6 nitrogen and oxygen atoms in total. The van der Waals surface area contributed by atoms with Gasteiger partial charge in [-0.25, -0.2) is 0 Å². The summed E-state index contributed by atoms with van der Waals surface area (Å²) < 4.78 is 0. The first-order valence-corrected chi connectivity index (χ1v) is 7.43. The van der Waals surface area contributed by atoms with E-state index in [4.69, 9.17) is 11.6 Å². The zero-order valence-electron chi connectivity index (χ0n) is 12.2. The lowest BCUT2D eigenvalue weighted by Crippen LogP contribution is -2.28. The highest BCUT2D eigenvalue weighted by atomic mass is 35.5. The van der Waals surface area contributed by atoms with Crippen LogP contribution in [0.15, 0.2) is 54.6 Å². The number of benzene rings is 2. The number of hydrogen-bond donors (Lipinski definition) is 1. The molecule has 7 heteroatoms. The van der Waals surface area contributed by atoms with Crippen molar-refractivity contribution in [3.8, 4) is 11.4 Å². The Morgan fingerprint density at radius 2 is 1.83 bits per heavy atom. The molecule has 0 radical (unpaired) electrons. The van der Waals surface area contributed by atoms with E-state index in [0.717, 1.165) is 11.1 Å². The average Bonchev–Trinajstić information content (AvgIpc) is 3.04. The largest absolute Gasteiger partial charge is 0.350 e. The standard InChI is InChI=1S/C16H14ClN5O/c17-14-8-6-12(7-9-14)10-18-15(23)11-22-20-16(19-21-22)13-4-2-1-3-5-13/h1-9H,10-11H2,(H,18,23). The van der Waals surface area contributed by atoms with E-state index in [-0.39, 0.29) is 12.5 Å². The third kappa shape index (κ3) is 4.14. The number of nitrogens with one attached hydrogen (secondary N) is 1. The Morgan fingerprint density at radius 3 is 2.57 bits per heavy atom. The van der Waals surface area contributed by atoms with E-state index >= 15 is 0 Å². The Bertz CT molecular complexity index is 786. The van der Waals surface area contributed by atoms with Crippen molar-refractivity contribution in [3.63, 3.8) is 0 Å². The van der Waals surface area contributed by atoms with Crippen LogP contribution in [0.4, 0.5) is 0 Å². The number of carbonyl (C=O) groups excluding carboxylic acids is 1. The Morgan fingerprint density at radius 1 is 1.09 bits per heavy atom. The van der Waals surface area contributed by atoms with Gasteiger partial charge in [0.15, 0.2) is 0 Å². The van der Waals surface area contributed by atoms with Crippen LogP contribution >= 0.6 is 11.6 Å². The maximum Gasteiger partial charge on any atom is 0.243 e. The maximum absolute atomic E-state index is 11.9. The molecule has 1 aromatic heterocycles. The van der Waals surface area contributed by atoms with Gasteiger partial charge in [-0.05, 0) is 22.9 Å². The third-order valence-corrected chi connectivity index (χ3v) is 3.42. The monoisotopic (exact) mass is 327 g/mol. The molecule has 1 N–H and O–H groups in total. The first-order valence-electron chi connectivity index (χ1n) is 7.05. The van der Waals surface area contributed by atoms with Crippen LogP contribution in [0, 0.1) is 0 Å². The smallest absolute Gasteiger partial charge is 0.243 e. The summed E-state index contributed by atoms with van der Waals surface area (Å²) in [5.41, 5.74) is 1.83. The summed E-state index contributed by atoms with van der Waals surface area (Å²) in [4.78, 5) is 13.2. The summed E-state index contributed by atoms with van der Waals surface area (Å²) in [7, 11) is 0. The molecule has 3 rings (SSSR count). The van der Waals surface area contributed by atoms with Gasteiger partial charge in [0.05, 0.1) is 0 Å². The number of hydrogen-bond acceptors (Lipinski definition) is 4. The third-order valence-electron chi connectivity index (χ3n) is 3.17. The summed E-state index contributed by atoms with van der Waals surface area (Å²) in [6.07, 6.45) is 0. The Hall–Kier alpha value is -2.73. The predicted molar refractivity (Wildman–Crippen MR) is 86.6 cm³/mol. The highest BCUT2D eigenvalue weighted by Gasteiger charge is 2.08. The molecule has 1 heterocycles. The van der Waals surface area contributed by atoms with E-state index in [2.05, 4.69) is 20.7 Å². The van der Waals surface area contributed by atoms with Gasteiger partial charge in [0.2, 0.25) is 11.7 Å². The zero-order chi connectivity index (χ0) is 16.1. The van der Waals surface area contributed by atoms with E-state index < -0.39 is 0 Å². The molecular weight excluding hydrogens is 314 g/mol. The molecule has 116 valence electrons. The Kier molecular flexibility index (Phi) is 4.63. The van der Waals surface area contributed by atoms with Crippen molar-refractivity contribution in [1.29, 1.82) is 0 Å². The Balaban J connectivity index is 1.56. The van der Waals surface area contributed by atoms with Crippen molar-refractivity contribution < 1.29 is 4.79 Å². The quantitative estimate of drug-likeness (QED) is 0.780. The normalized spacial score (nSPS) is 10.5.